The molecule has 0 radical (unpaired) electrons. The Morgan fingerprint density at radius 2 is 1.93 bits per heavy atom. The molecule has 0 bridgehead atoms. The number of thiocarbonyl (C=S) groups is 1. The summed E-state index contributed by atoms with van der Waals surface area (Å²) >= 11 is 11.4. The van der Waals surface area contributed by atoms with Crippen LogP contribution in [0.15, 0.2) is 42.5 Å². The Labute approximate surface area is 170 Å². The third-order valence-corrected chi connectivity index (χ3v) is 5.37. The standard InChI is InChI=1S/C21H24ClN3OS/c1-14-6-11-18(19(22)13-14)20(26)24-21(27)23-16-7-9-17(10-8-16)25-12-4-3-5-15(25)2/h6-11,13,15H,3-5,12H2,1-2H3,(H2,23,24,26,27)/t15-/m0/s1. The summed E-state index contributed by atoms with van der Waals surface area (Å²) in [5.41, 5.74) is 3.46. The maximum Gasteiger partial charge on any atom is 0.258 e. The van der Waals surface area contributed by atoms with Gasteiger partial charge in [-0.15, -0.1) is 0 Å². The molecule has 0 unspecified atom stereocenters. The second-order valence-corrected chi connectivity index (χ2v) is 7.79. The van der Waals surface area contributed by atoms with Crippen LogP contribution in [-0.2, 0) is 0 Å². The summed E-state index contributed by atoms with van der Waals surface area (Å²) in [5, 5.41) is 6.39. The third-order valence-electron chi connectivity index (χ3n) is 4.86. The van der Waals surface area contributed by atoms with Gasteiger partial charge in [-0.3, -0.25) is 10.1 Å². The highest BCUT2D eigenvalue weighted by molar-refractivity contribution is 7.80. The van der Waals surface area contributed by atoms with Crippen LogP contribution in [0.25, 0.3) is 0 Å². The lowest BCUT2D eigenvalue weighted by molar-refractivity contribution is 0.0978. The monoisotopic (exact) mass is 401 g/mol. The van der Waals surface area contributed by atoms with Gasteiger partial charge < -0.3 is 10.2 Å². The van der Waals surface area contributed by atoms with E-state index in [4.69, 9.17) is 23.8 Å². The Balaban J connectivity index is 1.60. The highest BCUT2D eigenvalue weighted by atomic mass is 35.5. The van der Waals surface area contributed by atoms with Crippen molar-refractivity contribution >= 4 is 46.2 Å². The molecule has 0 aromatic heterocycles. The fourth-order valence-corrected chi connectivity index (χ4v) is 3.89. The molecule has 142 valence electrons. The Bertz CT molecular complexity index is 838. The summed E-state index contributed by atoms with van der Waals surface area (Å²) in [6.07, 6.45) is 3.77. The average molecular weight is 402 g/mol. The summed E-state index contributed by atoms with van der Waals surface area (Å²) in [4.78, 5) is 14.8. The number of hydrogen-bond donors (Lipinski definition) is 2. The van der Waals surface area contributed by atoms with Gasteiger partial charge in [0.25, 0.3) is 5.91 Å². The number of carbonyl (C=O) groups is 1. The molecule has 1 aliphatic rings. The quantitative estimate of drug-likeness (QED) is 0.697. The van der Waals surface area contributed by atoms with Crippen LogP contribution in [-0.4, -0.2) is 23.6 Å². The number of hydrogen-bond acceptors (Lipinski definition) is 3. The van der Waals surface area contributed by atoms with Gasteiger partial charge in [0, 0.05) is 24.0 Å². The van der Waals surface area contributed by atoms with Crippen molar-refractivity contribution in [2.24, 2.45) is 0 Å². The molecule has 27 heavy (non-hydrogen) atoms. The van der Waals surface area contributed by atoms with Crippen molar-refractivity contribution in [1.82, 2.24) is 5.32 Å². The molecule has 1 heterocycles. The highest BCUT2D eigenvalue weighted by Crippen LogP contribution is 2.25. The van der Waals surface area contributed by atoms with Crippen LogP contribution in [0.3, 0.4) is 0 Å². The molecule has 2 N–H and O–H groups in total. The SMILES string of the molecule is Cc1ccc(C(=O)NC(=S)Nc2ccc(N3CCCC[C@@H]3C)cc2)c(Cl)c1. The Hall–Kier alpha value is -2.11. The van der Waals surface area contributed by atoms with Crippen LogP contribution in [0.1, 0.15) is 42.1 Å². The highest BCUT2D eigenvalue weighted by Gasteiger charge is 2.18. The van der Waals surface area contributed by atoms with E-state index in [1.165, 1.54) is 24.9 Å². The van der Waals surface area contributed by atoms with Crippen LogP contribution >= 0.6 is 23.8 Å². The lowest BCUT2D eigenvalue weighted by Crippen LogP contribution is -2.37. The van der Waals surface area contributed by atoms with Crippen molar-refractivity contribution in [3.8, 4) is 0 Å². The number of anilines is 2. The topological polar surface area (TPSA) is 44.4 Å². The lowest BCUT2D eigenvalue weighted by Gasteiger charge is -2.35. The average Bonchev–Trinajstić information content (AvgIpc) is 2.62. The van der Waals surface area contributed by atoms with Gasteiger partial charge in [-0.05, 0) is 87.3 Å². The largest absolute Gasteiger partial charge is 0.369 e. The molecule has 0 spiro atoms. The van der Waals surface area contributed by atoms with Gasteiger partial charge in [0.1, 0.15) is 0 Å². The van der Waals surface area contributed by atoms with Gasteiger partial charge in [-0.25, -0.2) is 0 Å². The van der Waals surface area contributed by atoms with Gasteiger partial charge in [0.15, 0.2) is 5.11 Å². The zero-order valence-electron chi connectivity index (χ0n) is 15.6. The number of rotatable bonds is 3. The molecule has 4 nitrogen and oxygen atoms in total. The molecule has 3 rings (SSSR count). The molecule has 0 aliphatic carbocycles. The lowest BCUT2D eigenvalue weighted by atomic mass is 10.0. The number of piperidine rings is 1. The fraction of sp³-hybridized carbons (Fsp3) is 0.333. The summed E-state index contributed by atoms with van der Waals surface area (Å²) in [5.74, 6) is -0.323. The molecular weight excluding hydrogens is 378 g/mol. The molecule has 1 saturated heterocycles. The number of nitrogens with zero attached hydrogens (tertiary/aromatic N) is 1. The van der Waals surface area contributed by atoms with Crippen molar-refractivity contribution in [2.75, 3.05) is 16.8 Å². The van der Waals surface area contributed by atoms with Gasteiger partial charge >= 0.3 is 0 Å². The van der Waals surface area contributed by atoms with Crippen LogP contribution in [0.4, 0.5) is 11.4 Å². The van der Waals surface area contributed by atoms with E-state index >= 15 is 0 Å². The first kappa shape index (κ1) is 19.6. The van der Waals surface area contributed by atoms with E-state index in [1.54, 1.807) is 12.1 Å². The molecule has 0 saturated carbocycles. The predicted molar refractivity (Wildman–Crippen MR) is 117 cm³/mol. The molecule has 1 aliphatic heterocycles. The first-order valence-corrected chi connectivity index (χ1v) is 9.98. The number of halogens is 1. The molecule has 1 fully saturated rings. The molecule has 1 atom stereocenters. The van der Waals surface area contributed by atoms with E-state index in [0.717, 1.165) is 17.8 Å². The number of amides is 1. The summed E-state index contributed by atoms with van der Waals surface area (Å²) in [7, 11) is 0. The zero-order chi connectivity index (χ0) is 19.4. The molecule has 1 amide bonds. The van der Waals surface area contributed by atoms with Gasteiger partial charge in [-0.2, -0.15) is 0 Å². The maximum absolute atomic E-state index is 12.3. The smallest absolute Gasteiger partial charge is 0.258 e. The van der Waals surface area contributed by atoms with Gasteiger partial charge in [-0.1, -0.05) is 17.7 Å². The van der Waals surface area contributed by atoms with E-state index in [-0.39, 0.29) is 11.0 Å². The Morgan fingerprint density at radius 1 is 1.19 bits per heavy atom. The predicted octanol–water partition coefficient (Wildman–Crippen LogP) is 5.15. The normalized spacial score (nSPS) is 16.7. The van der Waals surface area contributed by atoms with Gasteiger partial charge in [0.05, 0.1) is 10.6 Å². The minimum absolute atomic E-state index is 0.246. The summed E-state index contributed by atoms with van der Waals surface area (Å²) in [6.45, 7) is 5.29. The number of carbonyl (C=O) groups excluding carboxylic acids is 1. The van der Waals surface area contributed by atoms with Crippen molar-refractivity contribution < 1.29 is 4.79 Å². The van der Waals surface area contributed by atoms with Crippen LogP contribution in [0.5, 0.6) is 0 Å². The van der Waals surface area contributed by atoms with E-state index in [0.29, 0.717) is 16.6 Å². The second kappa shape index (κ2) is 8.72. The van der Waals surface area contributed by atoms with E-state index in [1.807, 2.05) is 25.1 Å². The maximum atomic E-state index is 12.3. The van der Waals surface area contributed by atoms with E-state index in [9.17, 15) is 4.79 Å². The Kier molecular flexibility index (Phi) is 6.34. The van der Waals surface area contributed by atoms with Crippen molar-refractivity contribution in [3.05, 3.63) is 58.6 Å². The van der Waals surface area contributed by atoms with Crippen LogP contribution in [0.2, 0.25) is 5.02 Å². The third kappa shape index (κ3) is 4.99. The Morgan fingerprint density at radius 3 is 2.59 bits per heavy atom. The summed E-state index contributed by atoms with van der Waals surface area (Å²) in [6, 6.07) is 14.0. The summed E-state index contributed by atoms with van der Waals surface area (Å²) < 4.78 is 0. The minimum atomic E-state index is -0.323. The van der Waals surface area contributed by atoms with Crippen molar-refractivity contribution in [2.45, 2.75) is 39.2 Å². The van der Waals surface area contributed by atoms with Crippen molar-refractivity contribution in [3.63, 3.8) is 0 Å². The van der Waals surface area contributed by atoms with Crippen LogP contribution < -0.4 is 15.5 Å². The van der Waals surface area contributed by atoms with E-state index in [2.05, 4.69) is 34.6 Å². The number of benzene rings is 2. The van der Waals surface area contributed by atoms with Gasteiger partial charge in [0.2, 0.25) is 0 Å². The first-order chi connectivity index (χ1) is 12.9. The molecular formula is C21H24ClN3OS. The minimum Gasteiger partial charge on any atom is -0.369 e. The first-order valence-electron chi connectivity index (χ1n) is 9.19. The second-order valence-electron chi connectivity index (χ2n) is 6.98. The molecule has 2 aromatic carbocycles. The van der Waals surface area contributed by atoms with Crippen molar-refractivity contribution in [1.29, 1.82) is 0 Å². The molecule has 6 heteroatoms. The number of nitrogens with one attached hydrogen (secondary N) is 2. The van der Waals surface area contributed by atoms with E-state index < -0.39 is 0 Å². The molecule has 2 aromatic rings. The van der Waals surface area contributed by atoms with Crippen LogP contribution in [0, 0.1) is 6.92 Å². The number of aryl methyl sites for hydroxylation is 1. The fourth-order valence-electron chi connectivity index (χ4n) is 3.36. The zero-order valence-corrected chi connectivity index (χ0v) is 17.2.